The fourth-order valence-corrected chi connectivity index (χ4v) is 2.72. The molecular formula is C14H15N3O2. The molecule has 0 aromatic heterocycles. The van der Waals surface area contributed by atoms with Crippen LogP contribution in [0.4, 0.5) is 0 Å². The molecule has 2 fully saturated rings. The second-order valence-corrected chi connectivity index (χ2v) is 5.42. The quantitative estimate of drug-likeness (QED) is 0.351. The van der Waals surface area contributed by atoms with Gasteiger partial charge in [-0.25, -0.2) is 0 Å². The monoisotopic (exact) mass is 257 g/mol. The molecule has 0 N–H and O–H groups in total. The highest BCUT2D eigenvalue weighted by Gasteiger charge is 2.66. The van der Waals surface area contributed by atoms with Crippen molar-refractivity contribution in [2.45, 2.75) is 31.9 Å². The first-order valence-corrected chi connectivity index (χ1v) is 6.50. The molecule has 2 aliphatic rings. The predicted molar refractivity (Wildman–Crippen MR) is 68.9 cm³/mol. The standard InChI is InChI=1S/C14H15N3O2/c15-17-16-12(11-8-14(11)6-7-14)13(18)19-9-10-4-2-1-3-5-10/h1-5,11-12H,6-9H2. The van der Waals surface area contributed by atoms with Crippen molar-refractivity contribution in [2.24, 2.45) is 16.4 Å². The van der Waals surface area contributed by atoms with Crippen LogP contribution in [0.5, 0.6) is 0 Å². The normalized spacial score (nSPS) is 23.3. The summed E-state index contributed by atoms with van der Waals surface area (Å²) in [6.45, 7) is 0.233. The van der Waals surface area contributed by atoms with Gasteiger partial charge in [0.2, 0.25) is 0 Å². The maximum absolute atomic E-state index is 12.0. The van der Waals surface area contributed by atoms with E-state index in [0.717, 1.165) is 24.8 Å². The molecule has 0 heterocycles. The maximum atomic E-state index is 12.0. The third kappa shape index (κ3) is 2.42. The van der Waals surface area contributed by atoms with Gasteiger partial charge in [-0.15, -0.1) is 0 Å². The van der Waals surface area contributed by atoms with Crippen molar-refractivity contribution in [1.29, 1.82) is 0 Å². The average Bonchev–Trinajstić information content (AvgIpc) is 3.35. The Morgan fingerprint density at radius 2 is 2.21 bits per heavy atom. The molecule has 0 amide bonds. The zero-order valence-electron chi connectivity index (χ0n) is 10.5. The van der Waals surface area contributed by atoms with E-state index in [1.807, 2.05) is 30.3 Å². The maximum Gasteiger partial charge on any atom is 0.315 e. The van der Waals surface area contributed by atoms with Gasteiger partial charge in [0.15, 0.2) is 0 Å². The van der Waals surface area contributed by atoms with Crippen LogP contribution < -0.4 is 0 Å². The third-order valence-corrected chi connectivity index (χ3v) is 4.17. The molecule has 5 heteroatoms. The first kappa shape index (κ1) is 12.1. The van der Waals surface area contributed by atoms with Crippen LogP contribution in [-0.4, -0.2) is 12.0 Å². The molecule has 2 atom stereocenters. The zero-order valence-corrected chi connectivity index (χ0v) is 10.5. The van der Waals surface area contributed by atoms with Crippen molar-refractivity contribution in [1.82, 2.24) is 0 Å². The lowest BCUT2D eigenvalue weighted by atomic mass is 10.1. The Morgan fingerprint density at radius 3 is 2.79 bits per heavy atom. The summed E-state index contributed by atoms with van der Waals surface area (Å²) in [4.78, 5) is 14.8. The van der Waals surface area contributed by atoms with Gasteiger partial charge in [-0.1, -0.05) is 35.4 Å². The fourth-order valence-electron chi connectivity index (χ4n) is 2.72. The lowest BCUT2D eigenvalue weighted by Crippen LogP contribution is -2.24. The Bertz CT molecular complexity index is 533. The van der Waals surface area contributed by atoms with Crippen molar-refractivity contribution >= 4 is 5.97 Å². The SMILES string of the molecule is [N-]=[N+]=NC(C(=O)OCc1ccccc1)C1CC12CC2. The van der Waals surface area contributed by atoms with E-state index in [1.165, 1.54) is 0 Å². The largest absolute Gasteiger partial charge is 0.460 e. The lowest BCUT2D eigenvalue weighted by molar-refractivity contribution is -0.147. The number of hydrogen-bond donors (Lipinski definition) is 0. The van der Waals surface area contributed by atoms with Crippen LogP contribution in [-0.2, 0) is 16.1 Å². The van der Waals surface area contributed by atoms with Gasteiger partial charge < -0.3 is 4.74 Å². The summed E-state index contributed by atoms with van der Waals surface area (Å²) in [5.74, 6) is -0.192. The predicted octanol–water partition coefficient (Wildman–Crippen LogP) is 3.21. The molecule has 0 bridgehead atoms. The zero-order chi connectivity index (χ0) is 13.3. The van der Waals surface area contributed by atoms with Crippen LogP contribution in [0.2, 0.25) is 0 Å². The molecule has 2 saturated carbocycles. The minimum absolute atomic E-state index is 0.201. The van der Waals surface area contributed by atoms with Gasteiger partial charge in [0.05, 0.1) is 0 Å². The summed E-state index contributed by atoms with van der Waals surface area (Å²) in [5, 5.41) is 3.64. The minimum atomic E-state index is -0.642. The van der Waals surface area contributed by atoms with E-state index < -0.39 is 12.0 Å². The molecule has 2 unspecified atom stereocenters. The molecule has 5 nitrogen and oxygen atoms in total. The van der Waals surface area contributed by atoms with Crippen molar-refractivity contribution in [3.05, 3.63) is 46.3 Å². The Morgan fingerprint density at radius 1 is 1.47 bits per heavy atom. The molecule has 0 aliphatic heterocycles. The second-order valence-electron chi connectivity index (χ2n) is 5.42. The van der Waals surface area contributed by atoms with Gasteiger partial charge in [0.1, 0.15) is 12.6 Å². The van der Waals surface area contributed by atoms with E-state index >= 15 is 0 Å². The highest BCUT2D eigenvalue weighted by atomic mass is 16.5. The van der Waals surface area contributed by atoms with Crippen molar-refractivity contribution in [3.63, 3.8) is 0 Å². The van der Waals surface area contributed by atoms with E-state index in [2.05, 4.69) is 10.0 Å². The molecular weight excluding hydrogens is 242 g/mol. The number of esters is 1. The first-order valence-electron chi connectivity index (χ1n) is 6.50. The van der Waals surface area contributed by atoms with Gasteiger partial charge in [-0.3, -0.25) is 4.79 Å². The Hall–Kier alpha value is -2.00. The number of nitrogens with zero attached hydrogens (tertiary/aromatic N) is 3. The molecule has 3 rings (SSSR count). The lowest BCUT2D eigenvalue weighted by Gasteiger charge is -2.10. The van der Waals surface area contributed by atoms with E-state index in [0.29, 0.717) is 5.41 Å². The molecule has 98 valence electrons. The van der Waals surface area contributed by atoms with E-state index in [9.17, 15) is 4.79 Å². The molecule has 1 aromatic carbocycles. The summed E-state index contributed by atoms with van der Waals surface area (Å²) in [5.41, 5.74) is 9.84. The highest BCUT2D eigenvalue weighted by Crippen LogP contribution is 2.72. The van der Waals surface area contributed by atoms with Gasteiger partial charge in [0.25, 0.3) is 0 Å². The van der Waals surface area contributed by atoms with Crippen LogP contribution in [0.25, 0.3) is 10.4 Å². The van der Waals surface area contributed by atoms with Crippen LogP contribution in [0.3, 0.4) is 0 Å². The van der Waals surface area contributed by atoms with Crippen molar-refractivity contribution < 1.29 is 9.53 Å². The number of benzene rings is 1. The number of hydrogen-bond acceptors (Lipinski definition) is 3. The van der Waals surface area contributed by atoms with Gasteiger partial charge in [-0.05, 0) is 41.7 Å². The summed E-state index contributed by atoms with van der Waals surface area (Å²) in [6.07, 6.45) is 3.30. The summed E-state index contributed by atoms with van der Waals surface area (Å²) < 4.78 is 5.26. The van der Waals surface area contributed by atoms with E-state index in [1.54, 1.807) is 0 Å². The fraction of sp³-hybridized carbons (Fsp3) is 0.500. The van der Waals surface area contributed by atoms with Crippen LogP contribution >= 0.6 is 0 Å². The van der Waals surface area contributed by atoms with Crippen LogP contribution in [0, 0.1) is 11.3 Å². The number of rotatable bonds is 5. The van der Waals surface area contributed by atoms with Gasteiger partial charge in [0, 0.05) is 4.91 Å². The summed E-state index contributed by atoms with van der Waals surface area (Å²) in [6, 6.07) is 8.86. The topological polar surface area (TPSA) is 75.1 Å². The van der Waals surface area contributed by atoms with E-state index in [-0.39, 0.29) is 12.5 Å². The van der Waals surface area contributed by atoms with Crippen LogP contribution in [0.15, 0.2) is 35.4 Å². The summed E-state index contributed by atoms with van der Waals surface area (Å²) in [7, 11) is 0. The molecule has 0 radical (unpaired) electrons. The molecule has 2 aliphatic carbocycles. The number of carbonyl (C=O) groups excluding carboxylic acids is 1. The molecule has 0 saturated heterocycles. The Balaban J connectivity index is 1.60. The third-order valence-electron chi connectivity index (χ3n) is 4.17. The number of ether oxygens (including phenoxy) is 1. The van der Waals surface area contributed by atoms with Crippen molar-refractivity contribution in [2.75, 3.05) is 0 Å². The van der Waals surface area contributed by atoms with Gasteiger partial charge >= 0.3 is 5.97 Å². The highest BCUT2D eigenvalue weighted by molar-refractivity contribution is 5.77. The molecule has 1 aromatic rings. The van der Waals surface area contributed by atoms with Crippen molar-refractivity contribution in [3.8, 4) is 0 Å². The number of azide groups is 1. The van der Waals surface area contributed by atoms with E-state index in [4.69, 9.17) is 10.3 Å². The molecule has 1 spiro atoms. The second kappa shape index (κ2) is 4.59. The Kier molecular flexibility index (Phi) is 2.91. The summed E-state index contributed by atoms with van der Waals surface area (Å²) >= 11 is 0. The minimum Gasteiger partial charge on any atom is -0.460 e. The smallest absolute Gasteiger partial charge is 0.315 e. The van der Waals surface area contributed by atoms with Gasteiger partial charge in [-0.2, -0.15) is 0 Å². The molecule has 19 heavy (non-hydrogen) atoms. The average molecular weight is 257 g/mol. The number of carbonyl (C=O) groups is 1. The first-order chi connectivity index (χ1) is 9.25. The van der Waals surface area contributed by atoms with Crippen LogP contribution in [0.1, 0.15) is 24.8 Å². The Labute approximate surface area is 111 Å².